The number of hydrogen-bond donors (Lipinski definition) is 0. The van der Waals surface area contributed by atoms with Gasteiger partial charge in [-0.1, -0.05) is 0 Å². The van der Waals surface area contributed by atoms with Gasteiger partial charge >= 0.3 is 0 Å². The van der Waals surface area contributed by atoms with Gasteiger partial charge in [-0.2, -0.15) is 0 Å². The molecule has 0 N–H and O–H groups in total. The van der Waals surface area contributed by atoms with Gasteiger partial charge in [0, 0.05) is 45.0 Å². The Labute approximate surface area is 171 Å². The van der Waals surface area contributed by atoms with E-state index in [1.165, 1.54) is 12.5 Å². The van der Waals surface area contributed by atoms with Crippen molar-refractivity contribution in [3.63, 3.8) is 0 Å². The summed E-state index contributed by atoms with van der Waals surface area (Å²) in [5.74, 6) is 0.589. The number of nitrogens with zero attached hydrogens (tertiary/aromatic N) is 4. The summed E-state index contributed by atoms with van der Waals surface area (Å²) in [6, 6.07) is 0. The molecule has 0 saturated carbocycles. The van der Waals surface area contributed by atoms with Gasteiger partial charge < -0.3 is 19.3 Å². The first kappa shape index (κ1) is 20.5. The molecule has 3 fully saturated rings. The first-order valence-corrected chi connectivity index (χ1v) is 12.1. The molecule has 160 valence electrons. The third kappa shape index (κ3) is 4.54. The number of hydrogen-bond acceptors (Lipinski definition) is 8. The predicted molar refractivity (Wildman–Crippen MR) is 106 cm³/mol. The second kappa shape index (κ2) is 8.53. The maximum atomic E-state index is 12.6. The lowest BCUT2D eigenvalue weighted by atomic mass is 9.93. The number of aromatic nitrogens is 2. The first-order chi connectivity index (χ1) is 13.9. The van der Waals surface area contributed by atoms with Crippen LogP contribution in [0.15, 0.2) is 11.1 Å². The second-order valence-corrected chi connectivity index (χ2v) is 9.88. The molecule has 1 amide bonds. The van der Waals surface area contributed by atoms with Crippen molar-refractivity contribution in [1.82, 2.24) is 14.9 Å². The Morgan fingerprint density at radius 1 is 1.10 bits per heavy atom. The van der Waals surface area contributed by atoms with E-state index in [-0.39, 0.29) is 22.8 Å². The summed E-state index contributed by atoms with van der Waals surface area (Å²) in [5.41, 5.74) is 0.577. The fourth-order valence-electron chi connectivity index (χ4n) is 4.22. The summed E-state index contributed by atoms with van der Waals surface area (Å²) >= 11 is 0. The standard InChI is InChI=1S/C19H28N4O5S/c1-29(25,26)16-13-20-19(23-8-11-27-12-9-23)21-17(16)14-4-6-22(7-5-14)18(24)15-3-2-10-28-15/h13-15H,2-12H2,1H3/t15-/m1/s1. The van der Waals surface area contributed by atoms with E-state index in [1.807, 2.05) is 9.80 Å². The number of anilines is 1. The van der Waals surface area contributed by atoms with E-state index in [0.717, 1.165) is 12.8 Å². The van der Waals surface area contributed by atoms with Crippen LogP contribution in [-0.2, 0) is 24.1 Å². The zero-order chi connectivity index (χ0) is 20.4. The van der Waals surface area contributed by atoms with Crippen LogP contribution in [0.5, 0.6) is 0 Å². The summed E-state index contributed by atoms with van der Waals surface area (Å²) in [4.78, 5) is 25.7. The van der Waals surface area contributed by atoms with E-state index in [4.69, 9.17) is 9.47 Å². The van der Waals surface area contributed by atoms with Crippen LogP contribution in [0.25, 0.3) is 0 Å². The number of carbonyl (C=O) groups is 1. The van der Waals surface area contributed by atoms with E-state index in [9.17, 15) is 13.2 Å². The van der Waals surface area contributed by atoms with Crippen molar-refractivity contribution >= 4 is 21.7 Å². The van der Waals surface area contributed by atoms with Crippen LogP contribution in [0.2, 0.25) is 0 Å². The molecule has 1 aromatic heterocycles. The van der Waals surface area contributed by atoms with Crippen molar-refractivity contribution in [2.75, 3.05) is 57.2 Å². The minimum absolute atomic E-state index is 0.0175. The predicted octanol–water partition coefficient (Wildman–Crippen LogP) is 0.602. The maximum absolute atomic E-state index is 12.6. The Hall–Kier alpha value is -1.78. The molecule has 1 aromatic rings. The van der Waals surface area contributed by atoms with E-state index in [0.29, 0.717) is 70.5 Å². The highest BCUT2D eigenvalue weighted by Crippen LogP contribution is 2.32. The Kier molecular flexibility index (Phi) is 6.03. The molecule has 0 spiro atoms. The minimum atomic E-state index is -3.44. The molecule has 10 heteroatoms. The fourth-order valence-corrected chi connectivity index (χ4v) is 5.05. The number of carbonyl (C=O) groups excluding carboxylic acids is 1. The van der Waals surface area contributed by atoms with Crippen LogP contribution < -0.4 is 4.90 Å². The molecular weight excluding hydrogens is 396 g/mol. The molecule has 0 radical (unpaired) electrons. The topological polar surface area (TPSA) is 102 Å². The highest BCUT2D eigenvalue weighted by atomic mass is 32.2. The molecule has 4 rings (SSSR count). The Bertz CT molecular complexity index is 842. The van der Waals surface area contributed by atoms with Crippen molar-refractivity contribution in [2.45, 2.75) is 42.6 Å². The highest BCUT2D eigenvalue weighted by Gasteiger charge is 2.33. The molecule has 3 aliphatic heterocycles. The third-order valence-corrected chi connectivity index (χ3v) is 6.98. The molecule has 9 nitrogen and oxygen atoms in total. The minimum Gasteiger partial charge on any atom is -0.378 e. The molecule has 29 heavy (non-hydrogen) atoms. The van der Waals surface area contributed by atoms with Crippen LogP contribution in [0, 0.1) is 0 Å². The number of likely N-dealkylation sites (tertiary alicyclic amines) is 1. The molecule has 0 aliphatic carbocycles. The van der Waals surface area contributed by atoms with Gasteiger partial charge in [-0.05, 0) is 25.7 Å². The number of ether oxygens (including phenoxy) is 2. The van der Waals surface area contributed by atoms with Gasteiger partial charge in [0.15, 0.2) is 9.84 Å². The van der Waals surface area contributed by atoms with Gasteiger partial charge in [-0.15, -0.1) is 0 Å². The van der Waals surface area contributed by atoms with Crippen molar-refractivity contribution < 1.29 is 22.7 Å². The molecule has 3 aliphatic rings. The molecule has 0 unspecified atom stereocenters. The molecular formula is C19H28N4O5S. The molecule has 4 heterocycles. The summed E-state index contributed by atoms with van der Waals surface area (Å²) in [6.07, 6.45) is 5.39. The molecule has 0 bridgehead atoms. The number of amides is 1. The van der Waals surface area contributed by atoms with Crippen LogP contribution in [0.1, 0.15) is 37.3 Å². The zero-order valence-corrected chi connectivity index (χ0v) is 17.6. The average Bonchev–Trinajstić information content (AvgIpc) is 3.28. The number of rotatable bonds is 4. The molecule has 3 saturated heterocycles. The summed E-state index contributed by atoms with van der Waals surface area (Å²) in [7, 11) is -3.44. The van der Waals surface area contributed by atoms with Crippen LogP contribution in [0.3, 0.4) is 0 Å². The fraction of sp³-hybridized carbons (Fsp3) is 0.737. The number of sulfone groups is 1. The molecule has 1 atom stereocenters. The van der Waals surface area contributed by atoms with Crippen LogP contribution in [0.4, 0.5) is 5.95 Å². The SMILES string of the molecule is CS(=O)(=O)c1cnc(N2CCOCC2)nc1C1CCN(C(=O)[C@H]2CCCO2)CC1. The summed E-state index contributed by atoms with van der Waals surface area (Å²) in [5, 5.41) is 0. The van der Waals surface area contributed by atoms with Crippen molar-refractivity contribution in [3.05, 3.63) is 11.9 Å². The van der Waals surface area contributed by atoms with Crippen LogP contribution in [-0.4, -0.2) is 87.6 Å². The average molecular weight is 425 g/mol. The second-order valence-electron chi connectivity index (χ2n) is 7.89. The van der Waals surface area contributed by atoms with Gasteiger partial charge in [-0.3, -0.25) is 4.79 Å². The van der Waals surface area contributed by atoms with Gasteiger partial charge in [0.05, 0.1) is 25.1 Å². The van der Waals surface area contributed by atoms with E-state index in [1.54, 1.807) is 0 Å². The highest BCUT2D eigenvalue weighted by molar-refractivity contribution is 7.90. The summed E-state index contributed by atoms with van der Waals surface area (Å²) in [6.45, 7) is 4.41. The normalized spacial score (nSPS) is 24.1. The lowest BCUT2D eigenvalue weighted by Crippen LogP contribution is -2.43. The Morgan fingerprint density at radius 3 is 2.45 bits per heavy atom. The van der Waals surface area contributed by atoms with E-state index < -0.39 is 9.84 Å². The third-order valence-electron chi connectivity index (χ3n) is 5.86. The Morgan fingerprint density at radius 2 is 1.83 bits per heavy atom. The smallest absolute Gasteiger partial charge is 0.251 e. The Balaban J connectivity index is 1.52. The van der Waals surface area contributed by atoms with Gasteiger partial charge in [0.1, 0.15) is 11.0 Å². The number of morpholine rings is 1. The lowest BCUT2D eigenvalue weighted by molar-refractivity contribution is -0.142. The van der Waals surface area contributed by atoms with E-state index in [2.05, 4.69) is 9.97 Å². The molecule has 0 aromatic carbocycles. The summed E-state index contributed by atoms with van der Waals surface area (Å²) < 4.78 is 35.6. The zero-order valence-electron chi connectivity index (χ0n) is 16.7. The maximum Gasteiger partial charge on any atom is 0.251 e. The van der Waals surface area contributed by atoms with Gasteiger partial charge in [0.2, 0.25) is 5.95 Å². The largest absolute Gasteiger partial charge is 0.378 e. The first-order valence-electron chi connectivity index (χ1n) is 10.2. The monoisotopic (exact) mass is 424 g/mol. The van der Waals surface area contributed by atoms with E-state index >= 15 is 0 Å². The van der Waals surface area contributed by atoms with Gasteiger partial charge in [-0.25, -0.2) is 18.4 Å². The van der Waals surface area contributed by atoms with Crippen molar-refractivity contribution in [3.8, 4) is 0 Å². The number of piperidine rings is 1. The van der Waals surface area contributed by atoms with Crippen LogP contribution >= 0.6 is 0 Å². The van der Waals surface area contributed by atoms with Crippen molar-refractivity contribution in [2.24, 2.45) is 0 Å². The van der Waals surface area contributed by atoms with Gasteiger partial charge in [0.25, 0.3) is 5.91 Å². The lowest BCUT2D eigenvalue weighted by Gasteiger charge is -2.34. The van der Waals surface area contributed by atoms with Crippen molar-refractivity contribution in [1.29, 1.82) is 0 Å². The quantitative estimate of drug-likeness (QED) is 0.693.